The number of hydrogen-bond acceptors (Lipinski definition) is 2. The Morgan fingerprint density at radius 1 is 1.64 bits per heavy atom. The zero-order chi connectivity index (χ0) is 10.6. The molecule has 1 N–H and O–H groups in total. The standard InChI is InChI=1S/C10H11ClO2S/c1-7(5-10(12)13)14-9-4-2-3-8(11)6-9/h2-4,6-7H,5H2,1H3,(H,12,13). The van der Waals surface area contributed by atoms with E-state index in [4.69, 9.17) is 16.7 Å². The third-order valence-electron chi connectivity index (χ3n) is 1.60. The van der Waals surface area contributed by atoms with Crippen LogP contribution < -0.4 is 0 Å². The van der Waals surface area contributed by atoms with Crippen molar-refractivity contribution in [3.05, 3.63) is 29.3 Å². The van der Waals surface area contributed by atoms with E-state index in [1.165, 1.54) is 11.8 Å². The zero-order valence-electron chi connectivity index (χ0n) is 7.74. The molecule has 2 nitrogen and oxygen atoms in total. The molecule has 1 atom stereocenters. The van der Waals surface area contributed by atoms with Gasteiger partial charge in [0.2, 0.25) is 0 Å². The summed E-state index contributed by atoms with van der Waals surface area (Å²) >= 11 is 7.33. The van der Waals surface area contributed by atoms with Gasteiger partial charge in [-0.1, -0.05) is 24.6 Å². The second-order valence-electron chi connectivity index (χ2n) is 2.98. The summed E-state index contributed by atoms with van der Waals surface area (Å²) in [7, 11) is 0. The van der Waals surface area contributed by atoms with Gasteiger partial charge in [-0.05, 0) is 18.2 Å². The fraction of sp³-hybridized carbons (Fsp3) is 0.300. The Morgan fingerprint density at radius 2 is 2.36 bits per heavy atom. The molecule has 0 fully saturated rings. The molecule has 76 valence electrons. The van der Waals surface area contributed by atoms with Crippen LogP contribution in [0.1, 0.15) is 13.3 Å². The molecular formula is C10H11ClO2S. The quantitative estimate of drug-likeness (QED) is 0.807. The lowest BCUT2D eigenvalue weighted by atomic mass is 10.3. The van der Waals surface area contributed by atoms with E-state index in [2.05, 4.69) is 0 Å². The van der Waals surface area contributed by atoms with Crippen LogP contribution in [0.3, 0.4) is 0 Å². The minimum absolute atomic E-state index is 0.0611. The summed E-state index contributed by atoms with van der Waals surface area (Å²) in [6.45, 7) is 1.89. The number of hydrogen-bond donors (Lipinski definition) is 1. The average Bonchev–Trinajstić information content (AvgIpc) is 2.01. The van der Waals surface area contributed by atoms with Crippen LogP contribution in [0.15, 0.2) is 29.2 Å². The van der Waals surface area contributed by atoms with Crippen molar-refractivity contribution in [2.45, 2.75) is 23.5 Å². The molecule has 0 amide bonds. The topological polar surface area (TPSA) is 37.3 Å². The number of carbonyl (C=O) groups is 1. The Balaban J connectivity index is 2.55. The lowest BCUT2D eigenvalue weighted by Crippen LogP contribution is -2.05. The van der Waals surface area contributed by atoms with Crippen molar-refractivity contribution in [1.29, 1.82) is 0 Å². The van der Waals surface area contributed by atoms with Gasteiger partial charge in [0.1, 0.15) is 0 Å². The average molecular weight is 231 g/mol. The molecule has 0 aromatic heterocycles. The molecule has 0 radical (unpaired) electrons. The van der Waals surface area contributed by atoms with Crippen LogP contribution in [0.4, 0.5) is 0 Å². The number of rotatable bonds is 4. The number of carboxylic acids is 1. The Kier molecular flexibility index (Phi) is 4.29. The predicted molar refractivity (Wildman–Crippen MR) is 59.0 cm³/mol. The molecule has 0 saturated heterocycles. The molecule has 14 heavy (non-hydrogen) atoms. The van der Waals surface area contributed by atoms with Crippen LogP contribution >= 0.6 is 23.4 Å². The third kappa shape index (κ3) is 4.03. The summed E-state index contributed by atoms with van der Waals surface area (Å²) in [5, 5.41) is 9.32. The second-order valence-corrected chi connectivity index (χ2v) is 4.93. The van der Waals surface area contributed by atoms with Crippen LogP contribution in [-0.4, -0.2) is 16.3 Å². The van der Waals surface area contributed by atoms with Gasteiger partial charge in [-0.3, -0.25) is 4.79 Å². The highest BCUT2D eigenvalue weighted by Gasteiger charge is 2.08. The van der Waals surface area contributed by atoms with Crippen LogP contribution in [0.25, 0.3) is 0 Å². The van der Waals surface area contributed by atoms with Crippen LogP contribution in [0.5, 0.6) is 0 Å². The lowest BCUT2D eigenvalue weighted by Gasteiger charge is -2.07. The summed E-state index contributed by atoms with van der Waals surface area (Å²) in [6.07, 6.45) is 0.164. The normalized spacial score (nSPS) is 12.4. The van der Waals surface area contributed by atoms with Crippen molar-refractivity contribution in [3.63, 3.8) is 0 Å². The minimum Gasteiger partial charge on any atom is -0.481 e. The molecule has 1 rings (SSSR count). The molecular weight excluding hydrogens is 220 g/mol. The van der Waals surface area contributed by atoms with Gasteiger partial charge in [0.15, 0.2) is 0 Å². The molecule has 0 bridgehead atoms. The molecule has 0 spiro atoms. The van der Waals surface area contributed by atoms with Gasteiger partial charge in [-0.15, -0.1) is 11.8 Å². The van der Waals surface area contributed by atoms with E-state index in [1.54, 1.807) is 6.07 Å². The first-order valence-corrected chi connectivity index (χ1v) is 5.47. The number of halogens is 1. The summed E-state index contributed by atoms with van der Waals surface area (Å²) in [5.74, 6) is -0.771. The lowest BCUT2D eigenvalue weighted by molar-refractivity contribution is -0.136. The van der Waals surface area contributed by atoms with Gasteiger partial charge in [0.25, 0.3) is 0 Å². The molecule has 4 heteroatoms. The summed E-state index contributed by atoms with van der Waals surface area (Å²) in [6, 6.07) is 7.42. The Hall–Kier alpha value is -0.670. The summed E-state index contributed by atoms with van der Waals surface area (Å²) < 4.78 is 0. The van der Waals surface area contributed by atoms with E-state index in [1.807, 2.05) is 25.1 Å². The van der Waals surface area contributed by atoms with Gasteiger partial charge >= 0.3 is 5.97 Å². The van der Waals surface area contributed by atoms with Gasteiger partial charge in [0.05, 0.1) is 6.42 Å². The van der Waals surface area contributed by atoms with E-state index in [0.717, 1.165) is 4.90 Å². The predicted octanol–water partition coefficient (Wildman–Crippen LogP) is 3.30. The van der Waals surface area contributed by atoms with Crippen molar-refractivity contribution in [3.8, 4) is 0 Å². The second kappa shape index (κ2) is 5.27. The molecule has 1 aromatic rings. The summed E-state index contributed by atoms with van der Waals surface area (Å²) in [4.78, 5) is 11.4. The number of aliphatic carboxylic acids is 1. The van der Waals surface area contributed by atoms with Crippen molar-refractivity contribution in [2.75, 3.05) is 0 Å². The van der Waals surface area contributed by atoms with Crippen LogP contribution in [-0.2, 0) is 4.79 Å². The van der Waals surface area contributed by atoms with Crippen molar-refractivity contribution in [2.24, 2.45) is 0 Å². The Morgan fingerprint density at radius 3 is 2.93 bits per heavy atom. The summed E-state index contributed by atoms with van der Waals surface area (Å²) in [5.41, 5.74) is 0. The highest BCUT2D eigenvalue weighted by Crippen LogP contribution is 2.26. The van der Waals surface area contributed by atoms with E-state index in [-0.39, 0.29) is 11.7 Å². The highest BCUT2D eigenvalue weighted by molar-refractivity contribution is 8.00. The molecule has 0 saturated carbocycles. The van der Waals surface area contributed by atoms with Crippen molar-refractivity contribution in [1.82, 2.24) is 0 Å². The molecule has 1 unspecified atom stereocenters. The smallest absolute Gasteiger partial charge is 0.304 e. The first-order chi connectivity index (χ1) is 6.58. The SMILES string of the molecule is CC(CC(=O)O)Sc1cccc(Cl)c1. The molecule has 0 aliphatic carbocycles. The van der Waals surface area contributed by atoms with Gasteiger partial charge in [-0.2, -0.15) is 0 Å². The largest absolute Gasteiger partial charge is 0.481 e. The number of carboxylic acid groups (broad SMARTS) is 1. The maximum absolute atomic E-state index is 10.4. The van der Waals surface area contributed by atoms with E-state index >= 15 is 0 Å². The maximum atomic E-state index is 10.4. The van der Waals surface area contributed by atoms with Crippen LogP contribution in [0.2, 0.25) is 5.02 Å². The molecule has 0 aliphatic heterocycles. The van der Waals surface area contributed by atoms with Gasteiger partial charge < -0.3 is 5.11 Å². The van der Waals surface area contributed by atoms with Gasteiger partial charge in [0, 0.05) is 15.2 Å². The molecule has 0 aliphatic rings. The Labute approximate surface area is 92.3 Å². The maximum Gasteiger partial charge on any atom is 0.304 e. The molecule has 0 heterocycles. The molecule has 1 aromatic carbocycles. The number of thioether (sulfide) groups is 1. The van der Waals surface area contributed by atoms with Gasteiger partial charge in [-0.25, -0.2) is 0 Å². The van der Waals surface area contributed by atoms with Crippen molar-refractivity contribution < 1.29 is 9.90 Å². The zero-order valence-corrected chi connectivity index (χ0v) is 9.31. The highest BCUT2D eigenvalue weighted by atomic mass is 35.5. The Bertz CT molecular complexity index is 328. The fourth-order valence-electron chi connectivity index (χ4n) is 1.06. The minimum atomic E-state index is -0.771. The van der Waals surface area contributed by atoms with E-state index in [9.17, 15) is 4.79 Å². The monoisotopic (exact) mass is 230 g/mol. The number of benzene rings is 1. The van der Waals surface area contributed by atoms with Crippen LogP contribution in [0, 0.1) is 0 Å². The first kappa shape index (κ1) is 11.4. The van der Waals surface area contributed by atoms with E-state index in [0.29, 0.717) is 5.02 Å². The van der Waals surface area contributed by atoms with E-state index < -0.39 is 5.97 Å². The first-order valence-electron chi connectivity index (χ1n) is 4.22. The fourth-order valence-corrected chi connectivity index (χ4v) is 2.36. The van der Waals surface area contributed by atoms with Crippen molar-refractivity contribution >= 4 is 29.3 Å². The third-order valence-corrected chi connectivity index (χ3v) is 2.93.